The van der Waals surface area contributed by atoms with Crippen molar-refractivity contribution in [2.45, 2.75) is 0 Å². The van der Waals surface area contributed by atoms with E-state index in [-0.39, 0.29) is 0 Å². The van der Waals surface area contributed by atoms with Crippen LogP contribution in [0.2, 0.25) is 5.15 Å². The van der Waals surface area contributed by atoms with Gasteiger partial charge in [-0.05, 0) is 59.0 Å². The smallest absolute Gasteiger partial charge is 0.223 e. The average Bonchev–Trinajstić information content (AvgIpc) is 2.89. The molecule has 0 amide bonds. The lowest BCUT2D eigenvalue weighted by molar-refractivity contribution is 0.461. The molecule has 0 saturated carbocycles. The molecule has 0 spiro atoms. The number of hydrogen-bond donors (Lipinski definition) is 0. The number of pyridine rings is 2. The van der Waals surface area contributed by atoms with Gasteiger partial charge in [-0.3, -0.25) is 9.97 Å². The minimum absolute atomic E-state index is 0.346. The molecule has 0 fully saturated rings. The lowest BCUT2D eigenvalue weighted by atomic mass is 10.2. The fourth-order valence-corrected chi connectivity index (χ4v) is 3.74. The Labute approximate surface area is 224 Å². The first-order valence-electron chi connectivity index (χ1n) is 10.6. The van der Waals surface area contributed by atoms with Crippen LogP contribution in [0.5, 0.6) is 23.3 Å². The van der Waals surface area contributed by atoms with E-state index in [1.54, 1.807) is 24.5 Å². The van der Waals surface area contributed by atoms with Gasteiger partial charge in [-0.15, -0.1) is 0 Å². The molecule has 176 valence electrons. The highest BCUT2D eigenvalue weighted by Crippen LogP contribution is 2.25. The molecule has 0 aliphatic rings. The molecule has 4 heterocycles. The van der Waals surface area contributed by atoms with Crippen LogP contribution in [0, 0.1) is 3.70 Å². The Kier molecular flexibility index (Phi) is 7.39. The zero-order valence-corrected chi connectivity index (χ0v) is 21.4. The van der Waals surface area contributed by atoms with E-state index in [4.69, 9.17) is 21.1 Å². The van der Waals surface area contributed by atoms with Crippen molar-refractivity contribution in [3.05, 3.63) is 107 Å². The molecule has 0 aliphatic carbocycles. The number of halogens is 2. The molecule has 4 aromatic heterocycles. The number of aromatic nitrogens is 6. The summed E-state index contributed by atoms with van der Waals surface area (Å²) in [5.41, 5.74) is 1.77. The number of fused-ring (bicyclic) bond motifs is 2. The van der Waals surface area contributed by atoms with Crippen LogP contribution in [-0.4, -0.2) is 29.9 Å². The second-order valence-corrected chi connectivity index (χ2v) is 8.77. The van der Waals surface area contributed by atoms with Crippen molar-refractivity contribution in [3.8, 4) is 23.3 Å². The molecule has 0 atom stereocenters. The van der Waals surface area contributed by atoms with Crippen LogP contribution < -0.4 is 9.47 Å². The van der Waals surface area contributed by atoms with Crippen molar-refractivity contribution in [2.24, 2.45) is 0 Å². The van der Waals surface area contributed by atoms with E-state index in [0.717, 1.165) is 31.3 Å². The molecule has 6 aromatic rings. The van der Waals surface area contributed by atoms with E-state index in [0.29, 0.717) is 22.7 Å². The summed E-state index contributed by atoms with van der Waals surface area (Å²) in [5, 5.41) is 2.49. The van der Waals surface area contributed by atoms with Crippen LogP contribution in [0.25, 0.3) is 21.8 Å². The van der Waals surface area contributed by atoms with Gasteiger partial charge in [0.05, 0.1) is 11.0 Å². The van der Waals surface area contributed by atoms with Crippen LogP contribution in [0.4, 0.5) is 0 Å². The first kappa shape index (κ1) is 23.8. The summed E-state index contributed by atoms with van der Waals surface area (Å²) in [7, 11) is 0. The molecule has 10 heteroatoms. The Hall–Kier alpha value is -3.96. The second kappa shape index (κ2) is 11.2. The van der Waals surface area contributed by atoms with Gasteiger partial charge >= 0.3 is 0 Å². The molecule has 8 nitrogen and oxygen atoms in total. The Morgan fingerprint density at radius 2 is 1.14 bits per heavy atom. The van der Waals surface area contributed by atoms with E-state index in [2.05, 4.69) is 52.5 Å². The van der Waals surface area contributed by atoms with Crippen LogP contribution in [0.1, 0.15) is 0 Å². The number of hydrogen-bond acceptors (Lipinski definition) is 8. The molecule has 36 heavy (non-hydrogen) atoms. The summed E-state index contributed by atoms with van der Waals surface area (Å²) < 4.78 is 12.1. The SMILES string of the molecule is Clc1cc(Oc2ccc3cccnc3c2)ncn1.Ic1cc(Oc2ccc3cccnc3c2)ncn1. The first-order valence-corrected chi connectivity index (χ1v) is 12.1. The Morgan fingerprint density at radius 3 is 1.69 bits per heavy atom. The molecule has 0 unspecified atom stereocenters. The highest BCUT2D eigenvalue weighted by atomic mass is 127. The monoisotopic (exact) mass is 606 g/mol. The van der Waals surface area contributed by atoms with E-state index < -0.39 is 0 Å². The van der Waals surface area contributed by atoms with Gasteiger partial charge in [-0.1, -0.05) is 23.7 Å². The van der Waals surface area contributed by atoms with Gasteiger partial charge in [0.2, 0.25) is 11.8 Å². The number of rotatable bonds is 4. The van der Waals surface area contributed by atoms with Gasteiger partial charge in [0, 0.05) is 47.4 Å². The molecule has 0 bridgehead atoms. The summed E-state index contributed by atoms with van der Waals surface area (Å²) in [4.78, 5) is 24.4. The standard InChI is InChI=1S/C13H8ClN3O.C13H8IN3O/c2*14-12-7-13(17-8-16-12)18-10-4-3-9-2-1-5-15-11(9)6-10/h2*1-8H. The first-order chi connectivity index (χ1) is 17.6. The minimum atomic E-state index is 0.346. The highest BCUT2D eigenvalue weighted by molar-refractivity contribution is 14.1. The Balaban J connectivity index is 0.000000148. The predicted octanol–water partition coefficient (Wildman–Crippen LogP) is 6.89. The Bertz CT molecular complexity index is 1530. The molecule has 0 radical (unpaired) electrons. The van der Waals surface area contributed by atoms with Crippen molar-refractivity contribution < 1.29 is 9.47 Å². The van der Waals surface area contributed by atoms with Gasteiger partial charge < -0.3 is 9.47 Å². The van der Waals surface area contributed by atoms with Gasteiger partial charge in [0.25, 0.3) is 0 Å². The van der Waals surface area contributed by atoms with Crippen molar-refractivity contribution in [1.29, 1.82) is 0 Å². The Morgan fingerprint density at radius 1 is 0.583 bits per heavy atom. The predicted molar refractivity (Wildman–Crippen MR) is 145 cm³/mol. The summed E-state index contributed by atoms with van der Waals surface area (Å²) in [6, 6.07) is 22.6. The van der Waals surface area contributed by atoms with Crippen LogP contribution in [-0.2, 0) is 0 Å². The molecule has 0 saturated heterocycles. The van der Waals surface area contributed by atoms with Crippen LogP contribution in [0.15, 0.2) is 97.8 Å². The maximum Gasteiger partial charge on any atom is 0.223 e. The number of benzene rings is 2. The second-order valence-electron chi connectivity index (χ2n) is 7.28. The molecular formula is C26H16ClIN6O2. The third-order valence-electron chi connectivity index (χ3n) is 4.82. The van der Waals surface area contributed by atoms with Gasteiger partial charge in [-0.25, -0.2) is 19.9 Å². The quantitative estimate of drug-likeness (QED) is 0.158. The van der Waals surface area contributed by atoms with E-state index in [1.165, 1.54) is 12.7 Å². The number of nitrogens with zero attached hydrogens (tertiary/aromatic N) is 6. The van der Waals surface area contributed by atoms with E-state index in [9.17, 15) is 0 Å². The maximum absolute atomic E-state index is 5.76. The fourth-order valence-electron chi connectivity index (χ4n) is 3.21. The zero-order chi connectivity index (χ0) is 24.7. The number of ether oxygens (including phenoxy) is 2. The largest absolute Gasteiger partial charge is 0.439 e. The van der Waals surface area contributed by atoms with Gasteiger partial charge in [0.15, 0.2) is 0 Å². The molecule has 6 rings (SSSR count). The van der Waals surface area contributed by atoms with Gasteiger partial charge in [-0.2, -0.15) is 0 Å². The van der Waals surface area contributed by atoms with E-state index in [1.807, 2.05) is 60.7 Å². The van der Waals surface area contributed by atoms with Crippen molar-refractivity contribution >= 4 is 56.0 Å². The summed E-state index contributed by atoms with van der Waals surface area (Å²) in [5.74, 6) is 2.32. The molecule has 2 aromatic carbocycles. The van der Waals surface area contributed by atoms with Crippen LogP contribution in [0.3, 0.4) is 0 Å². The fraction of sp³-hybridized carbons (Fsp3) is 0. The van der Waals surface area contributed by atoms with Crippen LogP contribution >= 0.6 is 34.2 Å². The van der Waals surface area contributed by atoms with Crippen molar-refractivity contribution in [1.82, 2.24) is 29.9 Å². The van der Waals surface area contributed by atoms with Gasteiger partial charge in [0.1, 0.15) is 33.0 Å². The average molecular weight is 607 g/mol. The minimum Gasteiger partial charge on any atom is -0.439 e. The van der Waals surface area contributed by atoms with Crippen molar-refractivity contribution in [3.63, 3.8) is 0 Å². The summed E-state index contributed by atoms with van der Waals surface area (Å²) in [6.45, 7) is 0. The van der Waals surface area contributed by atoms with Crippen molar-refractivity contribution in [2.75, 3.05) is 0 Å². The lowest BCUT2D eigenvalue weighted by Crippen LogP contribution is -1.90. The summed E-state index contributed by atoms with van der Waals surface area (Å²) in [6.07, 6.45) is 6.35. The molecule has 0 N–H and O–H groups in total. The highest BCUT2D eigenvalue weighted by Gasteiger charge is 2.03. The third-order valence-corrected chi connectivity index (χ3v) is 5.61. The summed E-state index contributed by atoms with van der Waals surface area (Å²) >= 11 is 7.88. The molecular weight excluding hydrogens is 591 g/mol. The lowest BCUT2D eigenvalue weighted by Gasteiger charge is -2.05. The zero-order valence-electron chi connectivity index (χ0n) is 18.5. The van der Waals surface area contributed by atoms with E-state index >= 15 is 0 Å². The normalized spacial score (nSPS) is 10.5. The third kappa shape index (κ3) is 6.18. The topological polar surface area (TPSA) is 95.8 Å². The maximum atomic E-state index is 5.76. The molecule has 0 aliphatic heterocycles.